The second kappa shape index (κ2) is 6.11. The molecule has 4 rings (SSSR count). The van der Waals surface area contributed by atoms with Crippen LogP contribution in [0.5, 0.6) is 0 Å². The van der Waals surface area contributed by atoms with E-state index in [4.69, 9.17) is 0 Å². The zero-order chi connectivity index (χ0) is 16.7. The third kappa shape index (κ3) is 2.76. The molecule has 0 aromatic heterocycles. The minimum atomic E-state index is -0.298. The van der Waals surface area contributed by atoms with E-state index in [1.807, 2.05) is 6.07 Å². The first-order valence-corrected chi connectivity index (χ1v) is 9.16. The smallest absolute Gasteiger partial charge is 0.247 e. The van der Waals surface area contributed by atoms with Crippen LogP contribution in [0.15, 0.2) is 18.2 Å². The fraction of sp³-hybridized carbons (Fsp3) is 0.579. The lowest BCUT2D eigenvalue weighted by atomic mass is 10.1. The summed E-state index contributed by atoms with van der Waals surface area (Å²) in [6.45, 7) is 4.91. The van der Waals surface area contributed by atoms with Gasteiger partial charge in [-0.2, -0.15) is 0 Å². The van der Waals surface area contributed by atoms with Gasteiger partial charge in [0.1, 0.15) is 6.04 Å². The zero-order valence-corrected chi connectivity index (χ0v) is 14.3. The minimum Gasteiger partial charge on any atom is -0.371 e. The molecule has 2 amide bonds. The van der Waals surface area contributed by atoms with E-state index >= 15 is 0 Å². The fourth-order valence-electron chi connectivity index (χ4n) is 3.95. The van der Waals surface area contributed by atoms with E-state index in [2.05, 4.69) is 29.3 Å². The standard InChI is InChI=1S/C19H25N3O2/c1-2-21-11-9-13-7-8-15(12-17(13)21)20-18(23)16-4-3-10-22(16)19(24)14-5-6-14/h7-8,12,14,16H,2-6,9-11H2,1H3,(H,20,23)/t16-/m0/s1. The van der Waals surface area contributed by atoms with Crippen LogP contribution < -0.4 is 10.2 Å². The van der Waals surface area contributed by atoms with Crippen molar-refractivity contribution in [1.29, 1.82) is 0 Å². The first kappa shape index (κ1) is 15.5. The van der Waals surface area contributed by atoms with Gasteiger partial charge < -0.3 is 15.1 Å². The molecule has 1 aromatic carbocycles. The van der Waals surface area contributed by atoms with E-state index < -0.39 is 0 Å². The summed E-state index contributed by atoms with van der Waals surface area (Å²) in [6, 6.07) is 5.88. The molecule has 1 atom stereocenters. The number of nitrogens with zero attached hydrogens (tertiary/aromatic N) is 2. The Balaban J connectivity index is 1.47. The normalized spacial score (nSPS) is 22.6. The molecule has 0 spiro atoms. The summed E-state index contributed by atoms with van der Waals surface area (Å²) in [4.78, 5) is 29.2. The fourth-order valence-corrected chi connectivity index (χ4v) is 3.95. The van der Waals surface area contributed by atoms with Crippen LogP contribution in [-0.2, 0) is 16.0 Å². The molecule has 5 heteroatoms. The Labute approximate surface area is 143 Å². The van der Waals surface area contributed by atoms with E-state index in [1.165, 1.54) is 11.3 Å². The second-order valence-corrected chi connectivity index (χ2v) is 7.13. The topological polar surface area (TPSA) is 52.7 Å². The van der Waals surface area contributed by atoms with Gasteiger partial charge >= 0.3 is 0 Å². The van der Waals surface area contributed by atoms with Crippen LogP contribution in [-0.4, -0.2) is 42.4 Å². The predicted molar refractivity (Wildman–Crippen MR) is 94.1 cm³/mol. The van der Waals surface area contributed by atoms with Gasteiger partial charge in [-0.15, -0.1) is 0 Å². The molecule has 0 unspecified atom stereocenters. The Morgan fingerprint density at radius 2 is 2.04 bits per heavy atom. The van der Waals surface area contributed by atoms with Crippen LogP contribution in [0.1, 0.15) is 38.2 Å². The van der Waals surface area contributed by atoms with Gasteiger partial charge in [0, 0.05) is 36.9 Å². The van der Waals surface area contributed by atoms with E-state index in [9.17, 15) is 9.59 Å². The molecule has 2 aliphatic heterocycles. The second-order valence-electron chi connectivity index (χ2n) is 7.13. The molecule has 0 radical (unpaired) electrons. The summed E-state index contributed by atoms with van der Waals surface area (Å²) < 4.78 is 0. The highest BCUT2D eigenvalue weighted by Crippen LogP contribution is 2.34. The summed E-state index contributed by atoms with van der Waals surface area (Å²) in [5.41, 5.74) is 3.42. The number of rotatable bonds is 4. The number of amides is 2. The molecule has 24 heavy (non-hydrogen) atoms. The van der Waals surface area contributed by atoms with E-state index in [0.29, 0.717) is 0 Å². The van der Waals surface area contributed by atoms with Gasteiger partial charge in [0.15, 0.2) is 0 Å². The lowest BCUT2D eigenvalue weighted by Gasteiger charge is -2.24. The molecule has 2 fully saturated rings. The molecule has 5 nitrogen and oxygen atoms in total. The van der Waals surface area contributed by atoms with Crippen LogP contribution in [0, 0.1) is 5.92 Å². The number of hydrogen-bond acceptors (Lipinski definition) is 3. The molecule has 128 valence electrons. The van der Waals surface area contributed by atoms with Crippen molar-refractivity contribution in [3.05, 3.63) is 23.8 Å². The van der Waals surface area contributed by atoms with Gasteiger partial charge in [0.05, 0.1) is 0 Å². The Hall–Kier alpha value is -2.04. The van der Waals surface area contributed by atoms with Crippen LogP contribution in [0.3, 0.4) is 0 Å². The van der Waals surface area contributed by atoms with Gasteiger partial charge in [-0.05, 0) is 56.7 Å². The molecule has 1 saturated heterocycles. The molecule has 1 aromatic rings. The van der Waals surface area contributed by atoms with Crippen molar-refractivity contribution in [2.75, 3.05) is 29.9 Å². The van der Waals surface area contributed by atoms with Crippen LogP contribution in [0.2, 0.25) is 0 Å². The van der Waals surface area contributed by atoms with Crippen molar-refractivity contribution in [1.82, 2.24) is 4.90 Å². The van der Waals surface area contributed by atoms with Crippen LogP contribution in [0.25, 0.3) is 0 Å². The SMILES string of the molecule is CCN1CCc2ccc(NC(=O)[C@@H]3CCCN3C(=O)C3CC3)cc21. The van der Waals surface area contributed by atoms with Crippen LogP contribution >= 0.6 is 0 Å². The van der Waals surface area contributed by atoms with Crippen LogP contribution in [0.4, 0.5) is 11.4 Å². The first-order valence-electron chi connectivity index (χ1n) is 9.16. The van der Waals surface area contributed by atoms with E-state index in [0.717, 1.165) is 57.4 Å². The molecule has 1 saturated carbocycles. The van der Waals surface area contributed by atoms with Gasteiger partial charge in [0.25, 0.3) is 0 Å². The largest absolute Gasteiger partial charge is 0.371 e. The Morgan fingerprint density at radius 3 is 2.79 bits per heavy atom. The Bertz CT molecular complexity index is 669. The summed E-state index contributed by atoms with van der Waals surface area (Å²) in [7, 11) is 0. The van der Waals surface area contributed by atoms with E-state index in [1.54, 1.807) is 4.90 Å². The van der Waals surface area contributed by atoms with Crippen molar-refractivity contribution in [3.63, 3.8) is 0 Å². The average Bonchev–Trinajstić information content (AvgIpc) is 3.18. The highest BCUT2D eigenvalue weighted by molar-refractivity contribution is 5.98. The maximum absolute atomic E-state index is 12.7. The number of likely N-dealkylation sites (tertiary alicyclic amines) is 1. The molecular formula is C19H25N3O2. The first-order chi connectivity index (χ1) is 11.7. The van der Waals surface area contributed by atoms with Crippen molar-refractivity contribution in [2.24, 2.45) is 5.92 Å². The number of nitrogens with one attached hydrogen (secondary N) is 1. The molecule has 2 heterocycles. The summed E-state index contributed by atoms with van der Waals surface area (Å²) in [5, 5.41) is 3.04. The Kier molecular flexibility index (Phi) is 3.94. The summed E-state index contributed by atoms with van der Waals surface area (Å²) in [6.07, 6.45) is 4.74. The van der Waals surface area contributed by atoms with Crippen molar-refractivity contribution < 1.29 is 9.59 Å². The number of anilines is 2. The molecule has 0 bridgehead atoms. The van der Waals surface area contributed by atoms with Gasteiger partial charge in [-0.1, -0.05) is 6.07 Å². The number of likely N-dealkylation sites (N-methyl/N-ethyl adjacent to an activating group) is 1. The minimum absolute atomic E-state index is 0.0394. The van der Waals surface area contributed by atoms with Crippen molar-refractivity contribution in [3.8, 4) is 0 Å². The third-order valence-electron chi connectivity index (χ3n) is 5.49. The number of fused-ring (bicyclic) bond motifs is 1. The molecular weight excluding hydrogens is 302 g/mol. The third-order valence-corrected chi connectivity index (χ3v) is 5.49. The maximum Gasteiger partial charge on any atom is 0.247 e. The summed E-state index contributed by atoms with van der Waals surface area (Å²) >= 11 is 0. The highest BCUT2D eigenvalue weighted by atomic mass is 16.2. The number of carbonyl (C=O) groups excluding carboxylic acids is 2. The molecule has 1 aliphatic carbocycles. The predicted octanol–water partition coefficient (Wildman–Crippen LogP) is 2.41. The van der Waals surface area contributed by atoms with Crippen molar-refractivity contribution >= 4 is 23.2 Å². The van der Waals surface area contributed by atoms with E-state index in [-0.39, 0.29) is 23.8 Å². The zero-order valence-electron chi connectivity index (χ0n) is 14.3. The molecule has 1 N–H and O–H groups in total. The summed E-state index contributed by atoms with van der Waals surface area (Å²) in [5.74, 6) is 0.317. The quantitative estimate of drug-likeness (QED) is 0.924. The van der Waals surface area contributed by atoms with Gasteiger partial charge in [-0.3, -0.25) is 9.59 Å². The monoisotopic (exact) mass is 327 g/mol. The van der Waals surface area contributed by atoms with Gasteiger partial charge in [0.2, 0.25) is 11.8 Å². The molecule has 3 aliphatic rings. The number of hydrogen-bond donors (Lipinski definition) is 1. The average molecular weight is 327 g/mol. The van der Waals surface area contributed by atoms with Crippen molar-refractivity contribution in [2.45, 2.75) is 45.1 Å². The maximum atomic E-state index is 12.7. The Morgan fingerprint density at radius 1 is 1.21 bits per heavy atom. The van der Waals surface area contributed by atoms with Gasteiger partial charge in [-0.25, -0.2) is 0 Å². The number of benzene rings is 1. The highest BCUT2D eigenvalue weighted by Gasteiger charge is 2.40. The lowest BCUT2D eigenvalue weighted by Crippen LogP contribution is -2.43. The lowest BCUT2D eigenvalue weighted by molar-refractivity contribution is -0.137. The number of carbonyl (C=O) groups is 2.